The van der Waals surface area contributed by atoms with Crippen molar-refractivity contribution in [1.29, 1.82) is 0 Å². The van der Waals surface area contributed by atoms with Gasteiger partial charge in [0, 0.05) is 36.1 Å². The van der Waals surface area contributed by atoms with E-state index < -0.39 is 11.6 Å². The number of aromatic nitrogens is 3. The number of rotatable bonds is 7. The van der Waals surface area contributed by atoms with Crippen LogP contribution < -0.4 is 16.0 Å². The number of hydrogen-bond acceptors (Lipinski definition) is 6. The summed E-state index contributed by atoms with van der Waals surface area (Å²) in [5, 5.41) is 7.50. The third-order valence-electron chi connectivity index (χ3n) is 6.31. The Labute approximate surface area is 192 Å². The first-order chi connectivity index (χ1) is 15.8. The van der Waals surface area contributed by atoms with E-state index in [9.17, 15) is 8.78 Å². The zero-order valence-corrected chi connectivity index (χ0v) is 19.2. The smallest absolute Gasteiger partial charge is 0.246 e. The van der Waals surface area contributed by atoms with Crippen LogP contribution in [0.25, 0.3) is 5.69 Å². The van der Waals surface area contributed by atoms with Crippen LogP contribution in [-0.2, 0) is 4.74 Å². The summed E-state index contributed by atoms with van der Waals surface area (Å²) in [6.07, 6.45) is 3.08. The first-order valence-electron chi connectivity index (χ1n) is 11.2. The van der Waals surface area contributed by atoms with Crippen LogP contribution in [0, 0.1) is 18.6 Å². The number of anilines is 3. The summed E-state index contributed by atoms with van der Waals surface area (Å²) in [5.41, 5.74) is 9.48. The quantitative estimate of drug-likeness (QED) is 0.551. The summed E-state index contributed by atoms with van der Waals surface area (Å²) in [6.45, 7) is 8.35. The van der Waals surface area contributed by atoms with Gasteiger partial charge in [0.1, 0.15) is 18.0 Å². The van der Waals surface area contributed by atoms with Crippen LogP contribution in [0.3, 0.4) is 0 Å². The molecule has 0 spiro atoms. The van der Waals surface area contributed by atoms with Gasteiger partial charge in [0.05, 0.1) is 18.4 Å². The number of benzene rings is 2. The Kier molecular flexibility index (Phi) is 6.62. The lowest BCUT2D eigenvalue weighted by Crippen LogP contribution is -2.59. The molecule has 1 aliphatic rings. The third-order valence-corrected chi connectivity index (χ3v) is 6.31. The molecule has 0 amide bonds. The fraction of sp³-hybridized carbons (Fsp3) is 0.417. The molecule has 1 aromatic heterocycles. The Bertz CT molecular complexity index is 1090. The van der Waals surface area contributed by atoms with Crippen molar-refractivity contribution >= 4 is 17.3 Å². The van der Waals surface area contributed by atoms with E-state index in [4.69, 9.17) is 10.5 Å². The molecule has 4 rings (SSSR count). The molecule has 1 atom stereocenters. The second-order valence-corrected chi connectivity index (χ2v) is 8.57. The molecule has 2 heterocycles. The molecular weight excluding hydrogens is 426 g/mol. The highest BCUT2D eigenvalue weighted by Gasteiger charge is 2.36. The van der Waals surface area contributed by atoms with Gasteiger partial charge in [-0.3, -0.25) is 0 Å². The van der Waals surface area contributed by atoms with Crippen LogP contribution in [0.2, 0.25) is 0 Å². The lowest BCUT2D eigenvalue weighted by atomic mass is 9.86. The van der Waals surface area contributed by atoms with Crippen molar-refractivity contribution in [2.75, 3.05) is 29.9 Å². The van der Waals surface area contributed by atoms with Crippen molar-refractivity contribution in [3.63, 3.8) is 0 Å². The van der Waals surface area contributed by atoms with Gasteiger partial charge in [-0.25, -0.2) is 13.5 Å². The summed E-state index contributed by atoms with van der Waals surface area (Å²) >= 11 is 0. The van der Waals surface area contributed by atoms with Gasteiger partial charge >= 0.3 is 0 Å². The minimum atomic E-state index is -0.671. The molecule has 1 saturated heterocycles. The van der Waals surface area contributed by atoms with Crippen LogP contribution in [0.1, 0.15) is 32.3 Å². The van der Waals surface area contributed by atoms with Crippen molar-refractivity contribution in [1.82, 2.24) is 14.8 Å². The molecule has 3 N–H and O–H groups in total. The van der Waals surface area contributed by atoms with Crippen molar-refractivity contribution < 1.29 is 13.5 Å². The van der Waals surface area contributed by atoms with Crippen molar-refractivity contribution in [3.05, 3.63) is 59.9 Å². The van der Waals surface area contributed by atoms with E-state index in [0.717, 1.165) is 48.9 Å². The molecule has 3 aromatic rings. The Morgan fingerprint density at radius 3 is 2.52 bits per heavy atom. The maximum absolute atomic E-state index is 13.5. The average molecular weight is 457 g/mol. The molecule has 0 radical (unpaired) electrons. The highest BCUT2D eigenvalue weighted by atomic mass is 19.1. The number of nitrogens with one attached hydrogen (secondary N) is 1. The fourth-order valence-electron chi connectivity index (χ4n) is 4.20. The zero-order valence-electron chi connectivity index (χ0n) is 19.2. The second kappa shape index (κ2) is 9.44. The summed E-state index contributed by atoms with van der Waals surface area (Å²) in [7, 11) is 0. The fourth-order valence-corrected chi connectivity index (χ4v) is 4.20. The number of nitrogens with zero attached hydrogens (tertiary/aromatic N) is 4. The maximum Gasteiger partial charge on any atom is 0.246 e. The molecule has 1 unspecified atom stereocenters. The number of halogens is 2. The number of hydrogen-bond donors (Lipinski definition) is 2. The third kappa shape index (κ3) is 5.15. The van der Waals surface area contributed by atoms with Crippen LogP contribution >= 0.6 is 0 Å². The monoisotopic (exact) mass is 456 g/mol. The lowest BCUT2D eigenvalue weighted by molar-refractivity contribution is -0.0143. The van der Waals surface area contributed by atoms with Gasteiger partial charge in [-0.1, -0.05) is 13.8 Å². The molecule has 0 aliphatic carbocycles. The Morgan fingerprint density at radius 2 is 1.82 bits per heavy atom. The molecule has 33 heavy (non-hydrogen) atoms. The topological polar surface area (TPSA) is 81.2 Å². The number of nitrogens with two attached hydrogens (primary N) is 1. The first kappa shape index (κ1) is 23.1. The largest absolute Gasteiger partial charge is 0.373 e. The van der Waals surface area contributed by atoms with E-state index in [0.29, 0.717) is 12.6 Å². The predicted octanol–water partition coefficient (Wildman–Crippen LogP) is 4.32. The Hall–Kier alpha value is -3.04. The number of aryl methyl sites for hydroxylation is 1. The average Bonchev–Trinajstić information content (AvgIpc) is 3.26. The second-order valence-electron chi connectivity index (χ2n) is 8.57. The van der Waals surface area contributed by atoms with Crippen molar-refractivity contribution in [3.8, 4) is 5.69 Å². The molecule has 2 aromatic carbocycles. The molecule has 0 bridgehead atoms. The number of ether oxygens (including phenoxy) is 1. The minimum Gasteiger partial charge on any atom is -0.373 e. The van der Waals surface area contributed by atoms with E-state index in [1.807, 2.05) is 19.1 Å². The van der Waals surface area contributed by atoms with Gasteiger partial charge in [0.25, 0.3) is 0 Å². The molecule has 1 fully saturated rings. The summed E-state index contributed by atoms with van der Waals surface area (Å²) < 4.78 is 34.4. The van der Waals surface area contributed by atoms with Crippen LogP contribution in [0.4, 0.5) is 26.1 Å². The SMILES string of the molecule is CCC(N)(CC)C1CN(c2cc(C)cc(Nc3ncn(-c4cc(F)cc(F)c4)n3)c2)CCO1. The summed E-state index contributed by atoms with van der Waals surface area (Å²) in [4.78, 5) is 6.52. The van der Waals surface area contributed by atoms with Gasteiger partial charge in [0.15, 0.2) is 0 Å². The van der Waals surface area contributed by atoms with Gasteiger partial charge in [0.2, 0.25) is 5.95 Å². The first-order valence-corrected chi connectivity index (χ1v) is 11.2. The van der Waals surface area contributed by atoms with Crippen LogP contribution in [0.15, 0.2) is 42.7 Å². The van der Waals surface area contributed by atoms with Gasteiger partial charge in [-0.05, 0) is 55.7 Å². The molecule has 7 nitrogen and oxygen atoms in total. The standard InChI is InChI=1S/C24H30F2N6O/c1-4-24(27,5-2)22-14-31(6-7-33-22)20-9-16(3)8-19(13-20)29-23-28-15-32(30-23)21-11-17(25)10-18(26)12-21/h8-13,15,22H,4-7,14,27H2,1-3H3,(H,29,30). The molecule has 1 aliphatic heterocycles. The van der Waals surface area contributed by atoms with Gasteiger partial charge < -0.3 is 20.7 Å². The summed E-state index contributed by atoms with van der Waals surface area (Å²) in [5.74, 6) is -1.02. The minimum absolute atomic E-state index is 0.0396. The lowest BCUT2D eigenvalue weighted by Gasteiger charge is -2.43. The van der Waals surface area contributed by atoms with E-state index in [2.05, 4.69) is 40.2 Å². The Balaban J connectivity index is 1.53. The molecule has 0 saturated carbocycles. The van der Waals surface area contributed by atoms with E-state index in [-0.39, 0.29) is 17.3 Å². The highest BCUT2D eigenvalue weighted by Crippen LogP contribution is 2.29. The highest BCUT2D eigenvalue weighted by molar-refractivity contribution is 5.64. The molecule has 176 valence electrons. The molecular formula is C24H30F2N6O. The normalized spacial score (nSPS) is 16.8. The maximum atomic E-state index is 13.5. The van der Waals surface area contributed by atoms with Crippen molar-refractivity contribution in [2.24, 2.45) is 5.73 Å². The Morgan fingerprint density at radius 1 is 1.09 bits per heavy atom. The molecule has 9 heteroatoms. The van der Waals surface area contributed by atoms with E-state index in [1.54, 1.807) is 0 Å². The summed E-state index contributed by atoms with van der Waals surface area (Å²) in [6, 6.07) is 9.38. The van der Waals surface area contributed by atoms with Crippen molar-refractivity contribution in [2.45, 2.75) is 45.3 Å². The van der Waals surface area contributed by atoms with Crippen LogP contribution in [0.5, 0.6) is 0 Å². The number of morpholine rings is 1. The van der Waals surface area contributed by atoms with Gasteiger partial charge in [-0.2, -0.15) is 4.98 Å². The zero-order chi connectivity index (χ0) is 23.6. The van der Waals surface area contributed by atoms with E-state index in [1.165, 1.54) is 23.1 Å². The van der Waals surface area contributed by atoms with Crippen LogP contribution in [-0.4, -0.2) is 46.1 Å². The van der Waals surface area contributed by atoms with E-state index >= 15 is 0 Å². The predicted molar refractivity (Wildman–Crippen MR) is 125 cm³/mol. The van der Waals surface area contributed by atoms with Gasteiger partial charge in [-0.15, -0.1) is 5.10 Å².